The number of carbonyl (C=O) groups is 1. The minimum Gasteiger partial charge on any atom is -0.459 e. The van der Waals surface area contributed by atoms with Gasteiger partial charge in [-0.1, -0.05) is 6.92 Å². The van der Waals surface area contributed by atoms with E-state index in [1.807, 2.05) is 0 Å². The minimum absolute atomic E-state index is 0.00458. The SMILES string of the molecule is CCN1CCC2(CCC(=O)O2)CC1. The van der Waals surface area contributed by atoms with E-state index >= 15 is 0 Å². The molecule has 0 saturated carbocycles. The van der Waals surface area contributed by atoms with Gasteiger partial charge >= 0.3 is 5.97 Å². The maximum atomic E-state index is 11.0. The standard InChI is InChI=1S/C10H17NO2/c1-2-11-7-5-10(6-8-11)4-3-9(12)13-10/h2-8H2,1H3. The second kappa shape index (κ2) is 3.29. The van der Waals surface area contributed by atoms with Gasteiger partial charge in [-0.05, 0) is 25.8 Å². The second-order valence-corrected chi connectivity index (χ2v) is 4.09. The topological polar surface area (TPSA) is 29.5 Å². The molecule has 13 heavy (non-hydrogen) atoms. The Labute approximate surface area is 79.0 Å². The van der Waals surface area contributed by atoms with Gasteiger partial charge in [0.25, 0.3) is 0 Å². The van der Waals surface area contributed by atoms with Crippen molar-refractivity contribution in [3.63, 3.8) is 0 Å². The van der Waals surface area contributed by atoms with Gasteiger partial charge in [-0.2, -0.15) is 0 Å². The number of hydrogen-bond acceptors (Lipinski definition) is 3. The molecule has 0 unspecified atom stereocenters. The summed E-state index contributed by atoms with van der Waals surface area (Å²) in [6.07, 6.45) is 3.65. The Morgan fingerprint density at radius 2 is 2.08 bits per heavy atom. The van der Waals surface area contributed by atoms with E-state index in [0.717, 1.165) is 38.9 Å². The molecule has 0 amide bonds. The van der Waals surface area contributed by atoms with Crippen LogP contribution in [0.5, 0.6) is 0 Å². The van der Waals surface area contributed by atoms with Gasteiger partial charge in [-0.15, -0.1) is 0 Å². The Balaban J connectivity index is 1.93. The van der Waals surface area contributed by atoms with E-state index in [1.54, 1.807) is 0 Å². The first-order chi connectivity index (χ1) is 6.24. The highest BCUT2D eigenvalue weighted by Gasteiger charge is 2.42. The van der Waals surface area contributed by atoms with Crippen molar-refractivity contribution < 1.29 is 9.53 Å². The third kappa shape index (κ3) is 1.70. The molecule has 2 heterocycles. The van der Waals surface area contributed by atoms with Crippen molar-refractivity contribution in [2.24, 2.45) is 0 Å². The van der Waals surface area contributed by atoms with E-state index < -0.39 is 0 Å². The van der Waals surface area contributed by atoms with E-state index in [4.69, 9.17) is 4.74 Å². The predicted octanol–water partition coefficient (Wildman–Crippen LogP) is 1.18. The van der Waals surface area contributed by atoms with Crippen molar-refractivity contribution in [3.05, 3.63) is 0 Å². The molecule has 0 N–H and O–H groups in total. The molecule has 0 aliphatic carbocycles. The van der Waals surface area contributed by atoms with E-state index in [2.05, 4.69) is 11.8 Å². The van der Waals surface area contributed by atoms with Gasteiger partial charge in [0.15, 0.2) is 0 Å². The predicted molar refractivity (Wildman–Crippen MR) is 49.4 cm³/mol. The summed E-state index contributed by atoms with van der Waals surface area (Å²) in [7, 11) is 0. The molecule has 0 bridgehead atoms. The van der Waals surface area contributed by atoms with Gasteiger partial charge in [0, 0.05) is 19.5 Å². The number of likely N-dealkylation sites (tertiary alicyclic amines) is 1. The van der Waals surface area contributed by atoms with Gasteiger partial charge in [0.05, 0.1) is 0 Å². The van der Waals surface area contributed by atoms with Crippen LogP contribution in [-0.2, 0) is 9.53 Å². The van der Waals surface area contributed by atoms with Crippen molar-refractivity contribution in [1.29, 1.82) is 0 Å². The number of piperidine rings is 1. The molecule has 2 saturated heterocycles. The number of carbonyl (C=O) groups excluding carboxylic acids is 1. The van der Waals surface area contributed by atoms with Crippen LogP contribution >= 0.6 is 0 Å². The molecule has 1 spiro atoms. The van der Waals surface area contributed by atoms with Crippen LogP contribution in [0.4, 0.5) is 0 Å². The normalized spacial score (nSPS) is 27.9. The Kier molecular flexibility index (Phi) is 2.28. The van der Waals surface area contributed by atoms with Crippen molar-refractivity contribution >= 4 is 5.97 Å². The van der Waals surface area contributed by atoms with E-state index in [1.165, 1.54) is 0 Å². The fourth-order valence-electron chi connectivity index (χ4n) is 2.30. The maximum absolute atomic E-state index is 11.0. The van der Waals surface area contributed by atoms with Crippen LogP contribution in [0.2, 0.25) is 0 Å². The summed E-state index contributed by atoms with van der Waals surface area (Å²) in [6.45, 7) is 5.47. The second-order valence-electron chi connectivity index (χ2n) is 4.09. The molecule has 3 nitrogen and oxygen atoms in total. The molecule has 2 aliphatic heterocycles. The first-order valence-electron chi connectivity index (χ1n) is 5.18. The molecule has 74 valence electrons. The molecule has 0 aromatic rings. The lowest BCUT2D eigenvalue weighted by molar-refractivity contribution is -0.151. The summed E-state index contributed by atoms with van der Waals surface area (Å²) in [6, 6.07) is 0. The zero-order valence-electron chi connectivity index (χ0n) is 8.21. The van der Waals surface area contributed by atoms with Crippen molar-refractivity contribution in [1.82, 2.24) is 4.90 Å². The molecule has 3 heteroatoms. The molecule has 2 aliphatic rings. The van der Waals surface area contributed by atoms with Crippen LogP contribution in [0.3, 0.4) is 0 Å². The molecular weight excluding hydrogens is 166 g/mol. The molecule has 0 aromatic heterocycles. The first kappa shape index (κ1) is 9.00. The fourth-order valence-corrected chi connectivity index (χ4v) is 2.30. The number of hydrogen-bond donors (Lipinski definition) is 0. The molecule has 0 aromatic carbocycles. The summed E-state index contributed by atoms with van der Waals surface area (Å²) in [4.78, 5) is 13.4. The smallest absolute Gasteiger partial charge is 0.306 e. The number of rotatable bonds is 1. The lowest BCUT2D eigenvalue weighted by Gasteiger charge is -2.37. The highest BCUT2D eigenvalue weighted by Crippen LogP contribution is 2.36. The Morgan fingerprint density at radius 3 is 2.54 bits per heavy atom. The minimum atomic E-state index is -0.0667. The Hall–Kier alpha value is -0.570. The number of ether oxygens (including phenoxy) is 1. The summed E-state index contributed by atoms with van der Waals surface area (Å²) in [5.74, 6) is 0.00458. The molecule has 0 atom stereocenters. The number of esters is 1. The fraction of sp³-hybridized carbons (Fsp3) is 0.900. The monoisotopic (exact) mass is 183 g/mol. The van der Waals surface area contributed by atoms with Crippen LogP contribution in [0.1, 0.15) is 32.6 Å². The maximum Gasteiger partial charge on any atom is 0.306 e. The zero-order chi connectivity index (χ0) is 9.31. The third-order valence-electron chi connectivity index (χ3n) is 3.33. The van der Waals surface area contributed by atoms with Crippen LogP contribution in [-0.4, -0.2) is 36.1 Å². The highest BCUT2D eigenvalue weighted by atomic mass is 16.6. The molecule has 2 fully saturated rings. The Morgan fingerprint density at radius 1 is 1.38 bits per heavy atom. The van der Waals surface area contributed by atoms with Gasteiger partial charge in [0.1, 0.15) is 5.60 Å². The summed E-state index contributed by atoms with van der Waals surface area (Å²) < 4.78 is 5.42. The van der Waals surface area contributed by atoms with Crippen molar-refractivity contribution in [2.75, 3.05) is 19.6 Å². The van der Waals surface area contributed by atoms with Crippen LogP contribution in [0.25, 0.3) is 0 Å². The summed E-state index contributed by atoms with van der Waals surface area (Å²) >= 11 is 0. The molecule has 0 radical (unpaired) electrons. The molecule has 2 rings (SSSR count). The lowest BCUT2D eigenvalue weighted by Crippen LogP contribution is -2.44. The van der Waals surface area contributed by atoms with Crippen molar-refractivity contribution in [3.8, 4) is 0 Å². The van der Waals surface area contributed by atoms with Crippen LogP contribution in [0, 0.1) is 0 Å². The van der Waals surface area contributed by atoms with Crippen LogP contribution in [0.15, 0.2) is 0 Å². The van der Waals surface area contributed by atoms with E-state index in [9.17, 15) is 4.79 Å². The average Bonchev–Trinajstić information content (AvgIpc) is 2.49. The van der Waals surface area contributed by atoms with E-state index in [-0.39, 0.29) is 11.6 Å². The first-order valence-corrected chi connectivity index (χ1v) is 5.18. The summed E-state index contributed by atoms with van der Waals surface area (Å²) in [5.41, 5.74) is -0.0667. The Bertz CT molecular complexity index is 207. The van der Waals surface area contributed by atoms with Gasteiger partial charge in [-0.25, -0.2) is 0 Å². The van der Waals surface area contributed by atoms with E-state index in [0.29, 0.717) is 6.42 Å². The lowest BCUT2D eigenvalue weighted by atomic mass is 9.89. The van der Waals surface area contributed by atoms with Crippen LogP contribution < -0.4 is 0 Å². The van der Waals surface area contributed by atoms with Gasteiger partial charge < -0.3 is 9.64 Å². The highest BCUT2D eigenvalue weighted by molar-refractivity contribution is 5.72. The van der Waals surface area contributed by atoms with Gasteiger partial charge in [-0.3, -0.25) is 4.79 Å². The third-order valence-corrected chi connectivity index (χ3v) is 3.33. The average molecular weight is 183 g/mol. The quantitative estimate of drug-likeness (QED) is 0.572. The summed E-state index contributed by atoms with van der Waals surface area (Å²) in [5, 5.41) is 0. The van der Waals surface area contributed by atoms with Gasteiger partial charge in [0.2, 0.25) is 0 Å². The molecular formula is C10H17NO2. The van der Waals surface area contributed by atoms with Crippen molar-refractivity contribution in [2.45, 2.75) is 38.2 Å². The number of nitrogens with zero attached hydrogens (tertiary/aromatic N) is 1. The largest absolute Gasteiger partial charge is 0.459 e. The zero-order valence-corrected chi connectivity index (χ0v) is 8.21.